The van der Waals surface area contributed by atoms with Gasteiger partial charge in [0.2, 0.25) is 0 Å². The van der Waals surface area contributed by atoms with Gasteiger partial charge in [0, 0.05) is 26.4 Å². The van der Waals surface area contributed by atoms with Crippen molar-refractivity contribution >= 4 is 0 Å². The summed E-state index contributed by atoms with van der Waals surface area (Å²) in [7, 11) is 1.77. The summed E-state index contributed by atoms with van der Waals surface area (Å²) in [4.78, 5) is 0. The van der Waals surface area contributed by atoms with Gasteiger partial charge >= 0.3 is 0 Å². The largest absolute Gasteiger partial charge is 0.382 e. The van der Waals surface area contributed by atoms with Crippen LogP contribution >= 0.6 is 0 Å². The van der Waals surface area contributed by atoms with Crippen molar-refractivity contribution in [1.82, 2.24) is 5.32 Å². The molecule has 0 fully saturated rings. The molecule has 3 heteroatoms. The van der Waals surface area contributed by atoms with Crippen LogP contribution in [0.15, 0.2) is 0 Å². The molecule has 0 bridgehead atoms. The van der Waals surface area contributed by atoms with Gasteiger partial charge in [-0.3, -0.25) is 0 Å². The number of hydrogen-bond acceptors (Lipinski definition) is 3. The molecule has 92 valence electrons. The van der Waals surface area contributed by atoms with Crippen LogP contribution in [0.4, 0.5) is 0 Å². The Balaban J connectivity index is 3.45. The van der Waals surface area contributed by atoms with Crippen LogP contribution in [0.25, 0.3) is 0 Å². The zero-order valence-electron chi connectivity index (χ0n) is 10.9. The molecule has 0 aliphatic carbocycles. The number of ether oxygens (including phenoxy) is 2. The lowest BCUT2D eigenvalue weighted by molar-refractivity contribution is 0.00845. The van der Waals surface area contributed by atoms with Crippen LogP contribution in [-0.4, -0.2) is 38.5 Å². The molecule has 0 saturated heterocycles. The van der Waals surface area contributed by atoms with E-state index in [9.17, 15) is 0 Å². The molecule has 0 aliphatic rings. The molecule has 0 aliphatic heterocycles. The predicted molar refractivity (Wildman–Crippen MR) is 64.3 cm³/mol. The minimum Gasteiger partial charge on any atom is -0.382 e. The van der Waals surface area contributed by atoms with Crippen molar-refractivity contribution in [3.8, 4) is 0 Å². The topological polar surface area (TPSA) is 30.5 Å². The van der Waals surface area contributed by atoms with E-state index in [2.05, 4.69) is 26.1 Å². The van der Waals surface area contributed by atoms with Gasteiger partial charge in [-0.25, -0.2) is 0 Å². The first kappa shape index (κ1) is 14.9. The third kappa shape index (κ3) is 8.85. The molecule has 0 amide bonds. The Kier molecular flexibility index (Phi) is 8.02. The van der Waals surface area contributed by atoms with Crippen LogP contribution in [0.2, 0.25) is 0 Å². The van der Waals surface area contributed by atoms with E-state index in [1.54, 1.807) is 7.11 Å². The number of nitrogens with one attached hydrogen (secondary N) is 1. The fraction of sp³-hybridized carbons (Fsp3) is 1.00. The molecule has 0 heterocycles. The lowest BCUT2D eigenvalue weighted by Crippen LogP contribution is -2.36. The van der Waals surface area contributed by atoms with E-state index in [0.717, 1.165) is 32.6 Å². The maximum Gasteiger partial charge on any atom is 0.0637 e. The highest BCUT2D eigenvalue weighted by Crippen LogP contribution is 2.15. The number of hydrogen-bond donors (Lipinski definition) is 1. The monoisotopic (exact) mass is 217 g/mol. The zero-order chi connectivity index (χ0) is 11.7. The molecule has 0 aromatic heterocycles. The second-order valence-electron chi connectivity index (χ2n) is 4.57. The summed E-state index contributed by atoms with van der Waals surface area (Å²) in [5, 5.41) is 3.47. The highest BCUT2D eigenvalue weighted by Gasteiger charge is 2.19. The second-order valence-corrected chi connectivity index (χ2v) is 4.57. The summed E-state index contributed by atoms with van der Waals surface area (Å²) in [6, 6.07) is 0.488. The van der Waals surface area contributed by atoms with E-state index >= 15 is 0 Å². The van der Waals surface area contributed by atoms with Gasteiger partial charge in [0.1, 0.15) is 0 Å². The van der Waals surface area contributed by atoms with Gasteiger partial charge in [-0.15, -0.1) is 0 Å². The Morgan fingerprint density at radius 1 is 1.33 bits per heavy atom. The van der Waals surface area contributed by atoms with E-state index < -0.39 is 0 Å². The molecule has 0 radical (unpaired) electrons. The normalized spacial score (nSPS) is 14.2. The van der Waals surface area contributed by atoms with Gasteiger partial charge in [-0.2, -0.15) is 0 Å². The Bertz CT molecular complexity index is 149. The van der Waals surface area contributed by atoms with E-state index in [-0.39, 0.29) is 5.60 Å². The van der Waals surface area contributed by atoms with Crippen molar-refractivity contribution in [3.63, 3.8) is 0 Å². The molecule has 3 nitrogen and oxygen atoms in total. The Labute approximate surface area is 94.5 Å². The average Bonchev–Trinajstić information content (AvgIpc) is 2.17. The smallest absolute Gasteiger partial charge is 0.0637 e. The summed E-state index contributed by atoms with van der Waals surface area (Å²) in [5.74, 6) is 0. The molecule has 0 aromatic rings. The van der Waals surface area contributed by atoms with Crippen LogP contribution in [-0.2, 0) is 9.47 Å². The van der Waals surface area contributed by atoms with Gasteiger partial charge in [-0.1, -0.05) is 0 Å². The molecule has 0 spiro atoms. The van der Waals surface area contributed by atoms with Crippen LogP contribution in [0.3, 0.4) is 0 Å². The summed E-state index contributed by atoms with van der Waals surface area (Å²) < 4.78 is 10.7. The second kappa shape index (κ2) is 8.08. The molecule has 0 aromatic carbocycles. The third-order valence-electron chi connectivity index (χ3n) is 2.51. The fourth-order valence-corrected chi connectivity index (χ4v) is 1.56. The van der Waals surface area contributed by atoms with E-state index in [4.69, 9.17) is 9.47 Å². The van der Waals surface area contributed by atoms with Crippen molar-refractivity contribution < 1.29 is 9.47 Å². The molecule has 0 saturated carbocycles. The van der Waals surface area contributed by atoms with Crippen LogP contribution in [0.5, 0.6) is 0 Å². The molecule has 15 heavy (non-hydrogen) atoms. The predicted octanol–water partition coefficient (Wildman–Crippen LogP) is 2.21. The van der Waals surface area contributed by atoms with Crippen molar-refractivity contribution in [2.75, 3.05) is 26.9 Å². The lowest BCUT2D eigenvalue weighted by Gasteiger charge is -2.27. The van der Waals surface area contributed by atoms with Crippen molar-refractivity contribution in [3.05, 3.63) is 0 Å². The number of methoxy groups -OCH3 is 1. The summed E-state index contributed by atoms with van der Waals surface area (Å²) in [6.07, 6.45) is 2.10. The quantitative estimate of drug-likeness (QED) is 0.601. The first-order valence-electron chi connectivity index (χ1n) is 5.88. The molecule has 0 rings (SSSR count). The highest BCUT2D eigenvalue weighted by atomic mass is 16.5. The lowest BCUT2D eigenvalue weighted by atomic mass is 10.00. The maximum atomic E-state index is 5.39. The summed E-state index contributed by atoms with van der Waals surface area (Å²) >= 11 is 0. The van der Waals surface area contributed by atoms with Gasteiger partial charge in [0.15, 0.2) is 0 Å². The van der Waals surface area contributed by atoms with Crippen LogP contribution < -0.4 is 5.32 Å². The van der Waals surface area contributed by atoms with Gasteiger partial charge < -0.3 is 14.8 Å². The molecule has 1 N–H and O–H groups in total. The maximum absolute atomic E-state index is 5.39. The van der Waals surface area contributed by atoms with Gasteiger partial charge in [0.25, 0.3) is 0 Å². The van der Waals surface area contributed by atoms with Crippen molar-refractivity contribution in [1.29, 1.82) is 0 Å². The average molecular weight is 217 g/mol. The van der Waals surface area contributed by atoms with Crippen molar-refractivity contribution in [2.24, 2.45) is 0 Å². The summed E-state index contributed by atoms with van der Waals surface area (Å²) in [5.41, 5.74) is -0.0354. The first-order chi connectivity index (χ1) is 7.02. The minimum atomic E-state index is -0.0354. The summed E-state index contributed by atoms with van der Waals surface area (Å²) in [6.45, 7) is 11.1. The SMILES string of the molecule is CCOCCCN[C@@H](C)CC(C)(C)OC. The Morgan fingerprint density at radius 3 is 2.53 bits per heavy atom. The van der Waals surface area contributed by atoms with E-state index in [0.29, 0.717) is 6.04 Å². The molecular formula is C12H27NO2. The first-order valence-corrected chi connectivity index (χ1v) is 5.88. The Hall–Kier alpha value is -0.120. The number of rotatable bonds is 9. The molecular weight excluding hydrogens is 190 g/mol. The molecule has 1 atom stereocenters. The zero-order valence-corrected chi connectivity index (χ0v) is 10.9. The Morgan fingerprint density at radius 2 is 2.00 bits per heavy atom. The standard InChI is InChI=1S/C12H27NO2/c1-6-15-9-7-8-13-11(2)10-12(3,4)14-5/h11,13H,6-10H2,1-5H3/t11-/m0/s1. The van der Waals surface area contributed by atoms with Crippen LogP contribution in [0, 0.1) is 0 Å². The molecule has 0 unspecified atom stereocenters. The highest BCUT2D eigenvalue weighted by molar-refractivity contribution is 4.75. The van der Waals surface area contributed by atoms with Gasteiger partial charge in [-0.05, 0) is 47.1 Å². The third-order valence-corrected chi connectivity index (χ3v) is 2.51. The van der Waals surface area contributed by atoms with Crippen molar-refractivity contribution in [2.45, 2.75) is 52.2 Å². The fourth-order valence-electron chi connectivity index (χ4n) is 1.56. The van der Waals surface area contributed by atoms with E-state index in [1.807, 2.05) is 6.92 Å². The van der Waals surface area contributed by atoms with Gasteiger partial charge in [0.05, 0.1) is 5.60 Å². The van der Waals surface area contributed by atoms with E-state index in [1.165, 1.54) is 0 Å². The van der Waals surface area contributed by atoms with Crippen LogP contribution in [0.1, 0.15) is 40.5 Å². The minimum absolute atomic E-state index is 0.0354.